The van der Waals surface area contributed by atoms with Crippen LogP contribution in [0.25, 0.3) is 0 Å². The minimum Gasteiger partial charge on any atom is -0.330 e. The lowest BCUT2D eigenvalue weighted by Gasteiger charge is -2.18. The summed E-state index contributed by atoms with van der Waals surface area (Å²) in [7, 11) is 0. The van der Waals surface area contributed by atoms with E-state index in [-0.39, 0.29) is 0 Å². The maximum absolute atomic E-state index is 5.81. The number of hydrogen-bond acceptors (Lipinski definition) is 3. The number of hydrogen-bond donors (Lipinski definition) is 1. The van der Waals surface area contributed by atoms with Gasteiger partial charge in [-0.3, -0.25) is 0 Å². The zero-order valence-corrected chi connectivity index (χ0v) is 10.0. The highest BCUT2D eigenvalue weighted by molar-refractivity contribution is 7.11. The van der Waals surface area contributed by atoms with Crippen LogP contribution < -0.4 is 5.73 Å². The van der Waals surface area contributed by atoms with E-state index in [4.69, 9.17) is 10.7 Å². The van der Waals surface area contributed by atoms with Gasteiger partial charge in [0, 0.05) is 23.3 Å². The molecule has 0 aromatic carbocycles. The Balaban J connectivity index is 1.91. The number of nitrogens with two attached hydrogens (primary N) is 1. The molecular weight excluding hydrogens is 204 g/mol. The van der Waals surface area contributed by atoms with Crippen LogP contribution in [0.15, 0.2) is 0 Å². The fourth-order valence-corrected chi connectivity index (χ4v) is 4.02. The summed E-state index contributed by atoms with van der Waals surface area (Å²) in [5.74, 6) is 2.20. The van der Waals surface area contributed by atoms with Crippen molar-refractivity contribution in [3.63, 3.8) is 0 Å². The smallest absolute Gasteiger partial charge is 0.0964 e. The summed E-state index contributed by atoms with van der Waals surface area (Å²) in [6.45, 7) is 3.10. The first-order valence-electron chi connectivity index (χ1n) is 5.99. The Morgan fingerprint density at radius 2 is 2.33 bits per heavy atom. The van der Waals surface area contributed by atoms with Gasteiger partial charge in [0.2, 0.25) is 0 Å². The number of nitrogens with zero attached hydrogens (tertiary/aromatic N) is 1. The maximum atomic E-state index is 5.81. The fourth-order valence-electron chi connectivity index (χ4n) is 2.58. The van der Waals surface area contributed by atoms with E-state index in [1.54, 1.807) is 0 Å². The second kappa shape index (κ2) is 3.56. The molecule has 1 heterocycles. The summed E-state index contributed by atoms with van der Waals surface area (Å²) in [4.78, 5) is 6.39. The Labute approximate surface area is 94.9 Å². The largest absolute Gasteiger partial charge is 0.330 e. The van der Waals surface area contributed by atoms with Gasteiger partial charge in [0.05, 0.1) is 10.7 Å². The van der Waals surface area contributed by atoms with Crippen molar-refractivity contribution < 1.29 is 0 Å². The van der Waals surface area contributed by atoms with E-state index in [0.717, 1.165) is 18.4 Å². The van der Waals surface area contributed by atoms with Gasteiger partial charge in [0.15, 0.2) is 0 Å². The van der Waals surface area contributed by atoms with Crippen LogP contribution in [0.4, 0.5) is 0 Å². The van der Waals surface area contributed by atoms with E-state index in [2.05, 4.69) is 6.92 Å². The molecule has 3 heteroatoms. The summed E-state index contributed by atoms with van der Waals surface area (Å²) in [6.07, 6.45) is 5.13. The van der Waals surface area contributed by atoms with Gasteiger partial charge in [-0.25, -0.2) is 4.98 Å². The van der Waals surface area contributed by atoms with E-state index in [0.29, 0.717) is 5.92 Å². The molecule has 2 aliphatic rings. The number of fused-ring (bicyclic) bond motifs is 1. The van der Waals surface area contributed by atoms with Gasteiger partial charge in [-0.15, -0.1) is 11.3 Å². The van der Waals surface area contributed by atoms with Crippen LogP contribution in [0.2, 0.25) is 0 Å². The van der Waals surface area contributed by atoms with Gasteiger partial charge in [-0.1, -0.05) is 6.92 Å². The molecule has 82 valence electrons. The number of rotatable bonds is 2. The molecule has 2 aliphatic carbocycles. The van der Waals surface area contributed by atoms with Crippen molar-refractivity contribution in [2.75, 3.05) is 6.54 Å². The minimum atomic E-state index is 0.549. The molecule has 1 aromatic rings. The van der Waals surface area contributed by atoms with E-state index < -0.39 is 0 Å². The number of aromatic nitrogens is 1. The van der Waals surface area contributed by atoms with Crippen molar-refractivity contribution in [1.82, 2.24) is 4.98 Å². The number of aryl methyl sites for hydroxylation is 1. The van der Waals surface area contributed by atoms with Crippen molar-refractivity contribution >= 4 is 11.3 Å². The lowest BCUT2D eigenvalue weighted by Crippen LogP contribution is -2.17. The first-order chi connectivity index (χ1) is 7.29. The zero-order chi connectivity index (χ0) is 10.4. The third-order valence-electron chi connectivity index (χ3n) is 3.80. The zero-order valence-electron chi connectivity index (χ0n) is 9.20. The fraction of sp³-hybridized carbons (Fsp3) is 0.750. The molecule has 1 aromatic heterocycles. The summed E-state index contributed by atoms with van der Waals surface area (Å²) in [5.41, 5.74) is 7.16. The molecule has 0 amide bonds. The Morgan fingerprint density at radius 1 is 1.53 bits per heavy atom. The van der Waals surface area contributed by atoms with Crippen molar-refractivity contribution in [2.24, 2.45) is 11.7 Å². The third kappa shape index (κ3) is 1.62. The van der Waals surface area contributed by atoms with Gasteiger partial charge in [-0.2, -0.15) is 0 Å². The second-order valence-corrected chi connectivity index (χ2v) is 6.12. The lowest BCUT2D eigenvalue weighted by atomic mass is 9.91. The Hall–Kier alpha value is -0.410. The van der Waals surface area contributed by atoms with Gasteiger partial charge < -0.3 is 5.73 Å². The first kappa shape index (κ1) is 9.79. The highest BCUT2D eigenvalue weighted by Crippen LogP contribution is 2.49. The Morgan fingerprint density at radius 3 is 3.00 bits per heavy atom. The molecule has 1 saturated carbocycles. The van der Waals surface area contributed by atoms with Gasteiger partial charge in [-0.05, 0) is 31.6 Å². The van der Waals surface area contributed by atoms with E-state index in [1.165, 1.54) is 41.3 Å². The minimum absolute atomic E-state index is 0.549. The first-order valence-corrected chi connectivity index (χ1v) is 6.80. The number of thiazole rings is 1. The van der Waals surface area contributed by atoms with Crippen LogP contribution in [0.5, 0.6) is 0 Å². The van der Waals surface area contributed by atoms with Crippen LogP contribution in [0.3, 0.4) is 0 Å². The molecule has 0 aliphatic heterocycles. The molecule has 3 rings (SSSR count). The van der Waals surface area contributed by atoms with Crippen molar-refractivity contribution in [1.29, 1.82) is 0 Å². The van der Waals surface area contributed by atoms with Crippen molar-refractivity contribution in [3.8, 4) is 0 Å². The van der Waals surface area contributed by atoms with Crippen LogP contribution in [0, 0.1) is 5.92 Å². The van der Waals surface area contributed by atoms with Gasteiger partial charge in [0.1, 0.15) is 0 Å². The quantitative estimate of drug-likeness (QED) is 0.835. The SMILES string of the molecule is CC1CC1c1nc2c(s1)CCCC2CN. The molecule has 2 nitrogen and oxygen atoms in total. The lowest BCUT2D eigenvalue weighted by molar-refractivity contribution is 0.553. The van der Waals surface area contributed by atoms with Crippen molar-refractivity contribution in [3.05, 3.63) is 15.6 Å². The van der Waals surface area contributed by atoms with Crippen LogP contribution in [0.1, 0.15) is 53.6 Å². The van der Waals surface area contributed by atoms with Crippen molar-refractivity contribution in [2.45, 2.75) is 44.4 Å². The van der Waals surface area contributed by atoms with Gasteiger partial charge >= 0.3 is 0 Å². The summed E-state index contributed by atoms with van der Waals surface area (Å²) in [6, 6.07) is 0. The molecule has 2 N–H and O–H groups in total. The molecule has 15 heavy (non-hydrogen) atoms. The molecule has 3 atom stereocenters. The van der Waals surface area contributed by atoms with E-state index >= 15 is 0 Å². The molecule has 0 radical (unpaired) electrons. The van der Waals surface area contributed by atoms with Crippen LogP contribution in [-0.4, -0.2) is 11.5 Å². The summed E-state index contributed by atoms with van der Waals surface area (Å²) >= 11 is 1.96. The van der Waals surface area contributed by atoms with E-state index in [9.17, 15) is 0 Å². The summed E-state index contributed by atoms with van der Waals surface area (Å²) in [5, 5.41) is 1.40. The summed E-state index contributed by atoms with van der Waals surface area (Å²) < 4.78 is 0. The monoisotopic (exact) mass is 222 g/mol. The third-order valence-corrected chi connectivity index (χ3v) is 5.06. The Kier molecular flexibility index (Phi) is 2.33. The van der Waals surface area contributed by atoms with Gasteiger partial charge in [0.25, 0.3) is 0 Å². The highest BCUT2D eigenvalue weighted by atomic mass is 32.1. The Bertz CT molecular complexity index is 372. The molecule has 3 unspecified atom stereocenters. The molecule has 1 fully saturated rings. The topological polar surface area (TPSA) is 38.9 Å². The second-order valence-electron chi connectivity index (χ2n) is 5.00. The predicted molar refractivity (Wildman–Crippen MR) is 63.4 cm³/mol. The highest BCUT2D eigenvalue weighted by Gasteiger charge is 2.38. The van der Waals surface area contributed by atoms with E-state index in [1.807, 2.05) is 11.3 Å². The predicted octanol–water partition coefficient (Wildman–Crippen LogP) is 2.65. The average molecular weight is 222 g/mol. The van der Waals surface area contributed by atoms with Crippen LogP contribution >= 0.6 is 11.3 Å². The normalized spacial score (nSPS) is 33.9. The molecule has 0 saturated heterocycles. The molecular formula is C12H18N2S. The molecule has 0 spiro atoms. The molecule has 0 bridgehead atoms. The maximum Gasteiger partial charge on any atom is 0.0964 e. The average Bonchev–Trinajstić information content (AvgIpc) is 2.82. The van der Waals surface area contributed by atoms with Crippen LogP contribution in [-0.2, 0) is 6.42 Å². The standard InChI is InChI=1S/C12H18N2S/c1-7-5-9(7)12-14-11-8(6-13)3-2-4-10(11)15-12/h7-9H,2-6,13H2,1H3.